The van der Waals surface area contributed by atoms with E-state index in [9.17, 15) is 9.65 Å². The van der Waals surface area contributed by atoms with Gasteiger partial charge in [-0.1, -0.05) is 15.9 Å². The molecule has 3 rings (SSSR count). The van der Waals surface area contributed by atoms with Gasteiger partial charge in [0.15, 0.2) is 0 Å². The molecule has 1 atom stereocenters. The van der Waals surface area contributed by atoms with Crippen molar-refractivity contribution >= 4 is 21.7 Å². The van der Waals surface area contributed by atoms with Crippen molar-refractivity contribution < 1.29 is 9.13 Å². The quantitative estimate of drug-likeness (QED) is 0.886. The number of aromatic nitrogens is 2. The second kappa shape index (κ2) is 6.07. The van der Waals surface area contributed by atoms with Crippen molar-refractivity contribution in [2.45, 2.75) is 18.9 Å². The molecule has 7 heteroatoms. The number of ether oxygens (including phenoxy) is 1. The van der Waals surface area contributed by atoms with Gasteiger partial charge >= 0.3 is 0 Å². The monoisotopic (exact) mass is 364 g/mol. The van der Waals surface area contributed by atoms with Gasteiger partial charge in [0.25, 0.3) is 0 Å². The van der Waals surface area contributed by atoms with Crippen LogP contribution in [0.1, 0.15) is 24.4 Å². The fourth-order valence-electron chi connectivity index (χ4n) is 2.62. The maximum Gasteiger partial charge on any atom is 0.140 e. The second-order valence-corrected chi connectivity index (χ2v) is 6.08. The third kappa shape index (κ3) is 2.60. The highest BCUT2D eigenvalue weighted by Crippen LogP contribution is 2.33. The molecule has 1 aromatic heterocycles. The molecule has 1 aliphatic rings. The lowest BCUT2D eigenvalue weighted by Crippen LogP contribution is -2.23. The molecule has 2 N–H and O–H groups in total. The summed E-state index contributed by atoms with van der Waals surface area (Å²) < 4.78 is 21.8. The van der Waals surface area contributed by atoms with Crippen molar-refractivity contribution in [3.63, 3.8) is 0 Å². The minimum Gasteiger partial charge on any atom is -0.383 e. The summed E-state index contributed by atoms with van der Waals surface area (Å²) in [5, 5.41) is 13.8. The van der Waals surface area contributed by atoms with Crippen LogP contribution in [-0.2, 0) is 4.74 Å². The van der Waals surface area contributed by atoms with E-state index in [1.165, 1.54) is 6.07 Å². The van der Waals surface area contributed by atoms with E-state index in [0.717, 1.165) is 19.4 Å². The Hall–Kier alpha value is -1.91. The van der Waals surface area contributed by atoms with Crippen LogP contribution in [0, 0.1) is 17.1 Å². The van der Waals surface area contributed by atoms with Gasteiger partial charge in [0.2, 0.25) is 0 Å². The molecule has 114 valence electrons. The lowest BCUT2D eigenvalue weighted by atomic mass is 10.1. The third-order valence-electron chi connectivity index (χ3n) is 3.73. The first-order valence-electron chi connectivity index (χ1n) is 6.93. The third-order valence-corrected chi connectivity index (χ3v) is 4.22. The Morgan fingerprint density at radius 1 is 1.50 bits per heavy atom. The van der Waals surface area contributed by atoms with Crippen LogP contribution >= 0.6 is 15.9 Å². The highest BCUT2D eigenvalue weighted by Gasteiger charge is 2.25. The van der Waals surface area contributed by atoms with Gasteiger partial charge in [0.1, 0.15) is 29.0 Å². The Kier molecular flexibility index (Phi) is 4.14. The second-order valence-electron chi connectivity index (χ2n) is 5.16. The molecule has 1 aromatic carbocycles. The standard InChI is InChI=1S/C15H14BrFN4O/c16-9-3-4-11(13(17)6-9)14-12(7-18)15(19)21(20-14)10-2-1-5-22-8-10/h3-4,6,10H,1-2,5,8,19H2. The van der Waals surface area contributed by atoms with E-state index in [-0.39, 0.29) is 28.7 Å². The Labute approximate surface area is 135 Å². The lowest BCUT2D eigenvalue weighted by Gasteiger charge is -2.23. The van der Waals surface area contributed by atoms with E-state index >= 15 is 0 Å². The molecule has 0 amide bonds. The van der Waals surface area contributed by atoms with Gasteiger partial charge in [-0.05, 0) is 31.0 Å². The first-order chi connectivity index (χ1) is 10.6. The fraction of sp³-hybridized carbons (Fsp3) is 0.333. The number of hydrogen-bond donors (Lipinski definition) is 1. The molecule has 1 aliphatic heterocycles. The Balaban J connectivity index is 2.10. The summed E-state index contributed by atoms with van der Waals surface area (Å²) in [6.45, 7) is 1.22. The largest absolute Gasteiger partial charge is 0.383 e. The van der Waals surface area contributed by atoms with Crippen molar-refractivity contribution in [1.29, 1.82) is 5.26 Å². The molecule has 0 bridgehead atoms. The smallest absolute Gasteiger partial charge is 0.140 e. The summed E-state index contributed by atoms with van der Waals surface area (Å²) in [6.07, 6.45) is 1.78. The van der Waals surface area contributed by atoms with Gasteiger partial charge in [-0.3, -0.25) is 0 Å². The maximum absolute atomic E-state index is 14.2. The van der Waals surface area contributed by atoms with Crippen LogP contribution in [0.2, 0.25) is 0 Å². The minimum atomic E-state index is -0.449. The lowest BCUT2D eigenvalue weighted by molar-refractivity contribution is 0.0558. The summed E-state index contributed by atoms with van der Waals surface area (Å²) in [6, 6.07) is 6.65. The summed E-state index contributed by atoms with van der Waals surface area (Å²) in [5.41, 5.74) is 6.79. The predicted molar refractivity (Wildman–Crippen MR) is 83.5 cm³/mol. The van der Waals surface area contributed by atoms with E-state index in [0.29, 0.717) is 11.1 Å². The van der Waals surface area contributed by atoms with Crippen molar-refractivity contribution in [3.05, 3.63) is 34.1 Å². The van der Waals surface area contributed by atoms with E-state index in [1.54, 1.807) is 16.8 Å². The van der Waals surface area contributed by atoms with E-state index in [4.69, 9.17) is 10.5 Å². The number of nitrogens with zero attached hydrogens (tertiary/aromatic N) is 3. The average molecular weight is 365 g/mol. The number of nitrogen functional groups attached to an aromatic ring is 1. The summed E-state index contributed by atoms with van der Waals surface area (Å²) in [7, 11) is 0. The van der Waals surface area contributed by atoms with Crippen LogP contribution < -0.4 is 5.73 Å². The van der Waals surface area contributed by atoms with Crippen molar-refractivity contribution in [1.82, 2.24) is 9.78 Å². The van der Waals surface area contributed by atoms with Crippen molar-refractivity contribution in [2.24, 2.45) is 0 Å². The molecule has 0 spiro atoms. The van der Waals surface area contributed by atoms with Crippen molar-refractivity contribution in [2.75, 3.05) is 18.9 Å². The first-order valence-corrected chi connectivity index (χ1v) is 7.72. The van der Waals surface area contributed by atoms with Crippen LogP contribution in [-0.4, -0.2) is 23.0 Å². The van der Waals surface area contributed by atoms with Gasteiger partial charge in [-0.25, -0.2) is 9.07 Å². The molecule has 0 saturated carbocycles. The van der Waals surface area contributed by atoms with Crippen LogP contribution in [0.5, 0.6) is 0 Å². The molecule has 22 heavy (non-hydrogen) atoms. The molecular weight excluding hydrogens is 351 g/mol. The number of rotatable bonds is 2. The highest BCUT2D eigenvalue weighted by molar-refractivity contribution is 9.10. The zero-order valence-electron chi connectivity index (χ0n) is 11.7. The summed E-state index contributed by atoms with van der Waals surface area (Å²) in [4.78, 5) is 0. The maximum atomic E-state index is 14.2. The Morgan fingerprint density at radius 3 is 2.95 bits per heavy atom. The van der Waals surface area contributed by atoms with Crippen LogP contribution in [0.3, 0.4) is 0 Å². The van der Waals surface area contributed by atoms with E-state index in [1.807, 2.05) is 6.07 Å². The fourth-order valence-corrected chi connectivity index (χ4v) is 2.96. The topological polar surface area (TPSA) is 76.9 Å². The molecule has 1 unspecified atom stereocenters. The Morgan fingerprint density at radius 2 is 2.32 bits per heavy atom. The van der Waals surface area contributed by atoms with E-state index in [2.05, 4.69) is 21.0 Å². The number of anilines is 1. The molecule has 1 fully saturated rings. The minimum absolute atomic E-state index is 0.0203. The molecule has 2 aromatic rings. The van der Waals surface area contributed by atoms with Gasteiger partial charge in [-0.15, -0.1) is 0 Å². The SMILES string of the molecule is N#Cc1c(-c2ccc(Br)cc2F)nn(C2CCCOC2)c1N. The number of nitrogens with two attached hydrogens (primary N) is 1. The first kappa shape index (κ1) is 15.0. The number of hydrogen-bond acceptors (Lipinski definition) is 4. The van der Waals surface area contributed by atoms with Gasteiger partial charge in [0.05, 0.1) is 12.6 Å². The number of nitriles is 1. The normalized spacial score (nSPS) is 18.1. The summed E-state index contributed by atoms with van der Waals surface area (Å²) in [5.74, 6) is -0.189. The number of halogens is 2. The van der Waals surface area contributed by atoms with Crippen molar-refractivity contribution in [3.8, 4) is 17.3 Å². The molecule has 0 aliphatic carbocycles. The zero-order chi connectivity index (χ0) is 15.7. The van der Waals surface area contributed by atoms with Gasteiger partial charge < -0.3 is 10.5 Å². The Bertz CT molecular complexity index is 747. The highest BCUT2D eigenvalue weighted by atomic mass is 79.9. The van der Waals surface area contributed by atoms with Gasteiger partial charge in [-0.2, -0.15) is 10.4 Å². The number of benzene rings is 1. The average Bonchev–Trinajstić information content (AvgIpc) is 2.84. The molecule has 1 saturated heterocycles. The molecule has 0 radical (unpaired) electrons. The molecule has 2 heterocycles. The van der Waals surface area contributed by atoms with Crippen LogP contribution in [0.15, 0.2) is 22.7 Å². The molecular formula is C15H14BrFN4O. The van der Waals surface area contributed by atoms with E-state index < -0.39 is 5.82 Å². The van der Waals surface area contributed by atoms with Gasteiger partial charge in [0, 0.05) is 16.6 Å². The van der Waals surface area contributed by atoms with Crippen LogP contribution in [0.4, 0.5) is 10.2 Å². The van der Waals surface area contributed by atoms with Crippen LogP contribution in [0.25, 0.3) is 11.3 Å². The predicted octanol–water partition coefficient (Wildman–Crippen LogP) is 3.26. The summed E-state index contributed by atoms with van der Waals surface area (Å²) >= 11 is 3.21. The molecule has 5 nitrogen and oxygen atoms in total. The zero-order valence-corrected chi connectivity index (χ0v) is 13.3.